The zero-order valence-electron chi connectivity index (χ0n) is 6.36. The molecule has 0 aliphatic carbocycles. The van der Waals surface area contributed by atoms with Crippen molar-refractivity contribution in [2.45, 2.75) is 0 Å². The predicted octanol–water partition coefficient (Wildman–Crippen LogP) is 2.23. The van der Waals surface area contributed by atoms with Gasteiger partial charge < -0.3 is 0 Å². The van der Waals surface area contributed by atoms with Crippen molar-refractivity contribution < 1.29 is 4.79 Å². The number of thiocarbonyl (C=S) groups is 1. The smallest absolute Gasteiger partial charge is 0.186 e. The van der Waals surface area contributed by atoms with Crippen LogP contribution in [0.3, 0.4) is 0 Å². The minimum absolute atomic E-state index is 0.0725. The lowest BCUT2D eigenvalue weighted by molar-refractivity contribution is 0.104. The van der Waals surface area contributed by atoms with Crippen molar-refractivity contribution in [3.63, 3.8) is 0 Å². The lowest BCUT2D eigenvalue weighted by atomic mass is 10.1. The summed E-state index contributed by atoms with van der Waals surface area (Å²) in [5, 5.41) is 1.29. The van der Waals surface area contributed by atoms with E-state index in [-0.39, 0.29) is 5.78 Å². The van der Waals surface area contributed by atoms with Gasteiger partial charge in [0.2, 0.25) is 0 Å². The fourth-order valence-electron chi connectivity index (χ4n) is 0.795. The van der Waals surface area contributed by atoms with Gasteiger partial charge in [0.1, 0.15) is 0 Å². The number of ketones is 1. The van der Waals surface area contributed by atoms with Gasteiger partial charge in [0.15, 0.2) is 5.78 Å². The van der Waals surface area contributed by atoms with Crippen LogP contribution in [0.4, 0.5) is 0 Å². The molecule has 0 heterocycles. The van der Waals surface area contributed by atoms with Gasteiger partial charge in [-0.2, -0.15) is 0 Å². The van der Waals surface area contributed by atoms with Crippen LogP contribution in [-0.2, 0) is 0 Å². The maximum absolute atomic E-state index is 11.2. The van der Waals surface area contributed by atoms with Crippen molar-refractivity contribution in [2.75, 3.05) is 0 Å². The number of rotatable bonds is 3. The summed E-state index contributed by atoms with van der Waals surface area (Å²) >= 11 is 4.50. The third-order valence-electron chi connectivity index (χ3n) is 1.34. The second-order valence-corrected chi connectivity index (χ2v) is 2.39. The molecule has 0 unspecified atom stereocenters. The Morgan fingerprint density at radius 2 is 2.00 bits per heavy atom. The van der Waals surface area contributed by atoms with Crippen molar-refractivity contribution in [1.29, 1.82) is 0 Å². The van der Waals surface area contributed by atoms with Crippen LogP contribution in [0.2, 0.25) is 0 Å². The van der Waals surface area contributed by atoms with E-state index in [0.717, 1.165) is 0 Å². The standard InChI is InChI=1S/C10H7OS/c11-10(7-4-8-12)9-5-2-1-3-6-9/h1-3,5-8H. The molecule has 0 fully saturated rings. The Labute approximate surface area is 76.7 Å². The average Bonchev–Trinajstić information content (AvgIpc) is 2.15. The van der Waals surface area contributed by atoms with Crippen molar-refractivity contribution in [3.8, 4) is 0 Å². The molecular weight excluding hydrogens is 168 g/mol. The summed E-state index contributed by atoms with van der Waals surface area (Å²) in [6, 6.07) is 9.01. The summed E-state index contributed by atoms with van der Waals surface area (Å²) < 4.78 is 0. The SMILES string of the molecule is O=C(C=[C]C=S)c1ccccc1. The van der Waals surface area contributed by atoms with E-state index in [2.05, 4.69) is 18.3 Å². The molecular formula is C10H7OS. The molecule has 0 aliphatic heterocycles. The van der Waals surface area contributed by atoms with Crippen molar-refractivity contribution in [2.24, 2.45) is 0 Å². The maximum atomic E-state index is 11.2. The fraction of sp³-hybridized carbons (Fsp3) is 0. The van der Waals surface area contributed by atoms with Crippen LogP contribution >= 0.6 is 12.2 Å². The van der Waals surface area contributed by atoms with Crippen LogP contribution in [0.25, 0.3) is 0 Å². The first kappa shape index (κ1) is 8.81. The Kier molecular flexibility index (Phi) is 3.35. The fourth-order valence-corrected chi connectivity index (χ4v) is 0.864. The quantitative estimate of drug-likeness (QED) is 0.398. The van der Waals surface area contributed by atoms with E-state index in [4.69, 9.17) is 0 Å². The zero-order valence-corrected chi connectivity index (χ0v) is 7.17. The van der Waals surface area contributed by atoms with Crippen LogP contribution in [0.15, 0.2) is 36.4 Å². The first-order valence-electron chi connectivity index (χ1n) is 3.47. The highest BCUT2D eigenvalue weighted by molar-refractivity contribution is 7.79. The topological polar surface area (TPSA) is 17.1 Å². The second-order valence-electron chi connectivity index (χ2n) is 2.16. The van der Waals surface area contributed by atoms with Crippen molar-refractivity contribution in [1.82, 2.24) is 0 Å². The summed E-state index contributed by atoms with van der Waals surface area (Å²) in [4.78, 5) is 11.2. The number of carbonyl (C=O) groups excluding carboxylic acids is 1. The number of allylic oxidation sites excluding steroid dienone is 2. The van der Waals surface area contributed by atoms with Crippen LogP contribution in [-0.4, -0.2) is 11.2 Å². The summed E-state index contributed by atoms with van der Waals surface area (Å²) in [6.45, 7) is 0. The van der Waals surface area contributed by atoms with E-state index < -0.39 is 0 Å². The molecule has 1 aromatic carbocycles. The molecule has 0 aromatic heterocycles. The average molecular weight is 175 g/mol. The van der Waals surface area contributed by atoms with Gasteiger partial charge in [-0.3, -0.25) is 4.79 Å². The van der Waals surface area contributed by atoms with Crippen molar-refractivity contribution in [3.05, 3.63) is 48.0 Å². The third kappa shape index (κ3) is 2.40. The molecule has 0 N–H and O–H groups in total. The van der Waals surface area contributed by atoms with Gasteiger partial charge in [-0.1, -0.05) is 42.5 Å². The highest BCUT2D eigenvalue weighted by atomic mass is 32.1. The number of carbonyl (C=O) groups is 1. The van der Waals surface area contributed by atoms with Crippen LogP contribution < -0.4 is 0 Å². The van der Waals surface area contributed by atoms with Gasteiger partial charge >= 0.3 is 0 Å². The van der Waals surface area contributed by atoms with Gasteiger partial charge in [-0.05, 0) is 12.2 Å². The minimum atomic E-state index is -0.0725. The van der Waals surface area contributed by atoms with Gasteiger partial charge in [0.05, 0.1) is 0 Å². The summed E-state index contributed by atoms with van der Waals surface area (Å²) in [7, 11) is 0. The van der Waals surface area contributed by atoms with Crippen LogP contribution in [0.1, 0.15) is 10.4 Å². The molecule has 1 nitrogen and oxygen atoms in total. The molecule has 0 atom stereocenters. The van der Waals surface area contributed by atoms with Crippen molar-refractivity contribution >= 4 is 23.4 Å². The minimum Gasteiger partial charge on any atom is -0.289 e. The molecule has 0 saturated heterocycles. The lowest BCUT2D eigenvalue weighted by Crippen LogP contribution is -1.92. The molecule has 0 aliphatic rings. The normalized spacial score (nSPS) is 10.0. The van der Waals surface area contributed by atoms with Gasteiger partial charge in [-0.15, -0.1) is 0 Å². The molecule has 1 aromatic rings. The summed E-state index contributed by atoms with van der Waals surface area (Å²) in [5.74, 6) is -0.0725. The van der Waals surface area contributed by atoms with Gasteiger partial charge in [-0.25, -0.2) is 0 Å². The van der Waals surface area contributed by atoms with E-state index in [1.165, 1.54) is 11.4 Å². The lowest BCUT2D eigenvalue weighted by Gasteiger charge is -1.91. The molecule has 0 amide bonds. The van der Waals surface area contributed by atoms with Gasteiger partial charge in [0, 0.05) is 10.9 Å². The second kappa shape index (κ2) is 4.57. The predicted molar refractivity (Wildman–Crippen MR) is 52.2 cm³/mol. The Balaban J connectivity index is 2.79. The number of hydrogen-bond donors (Lipinski definition) is 0. The summed E-state index contributed by atoms with van der Waals surface area (Å²) in [6.07, 6.45) is 3.90. The molecule has 0 bridgehead atoms. The highest BCUT2D eigenvalue weighted by Crippen LogP contribution is 1.99. The highest BCUT2D eigenvalue weighted by Gasteiger charge is 1.97. The van der Waals surface area contributed by atoms with E-state index >= 15 is 0 Å². The number of hydrogen-bond acceptors (Lipinski definition) is 2. The van der Waals surface area contributed by atoms with E-state index in [9.17, 15) is 4.79 Å². The molecule has 0 saturated carbocycles. The molecule has 0 spiro atoms. The Hall–Kier alpha value is -1.28. The van der Waals surface area contributed by atoms with Crippen LogP contribution in [0.5, 0.6) is 0 Å². The zero-order chi connectivity index (χ0) is 8.81. The third-order valence-corrected chi connectivity index (χ3v) is 1.48. The molecule has 1 rings (SSSR count). The maximum Gasteiger partial charge on any atom is 0.186 e. The Bertz CT molecular complexity index is 301. The largest absolute Gasteiger partial charge is 0.289 e. The molecule has 1 radical (unpaired) electrons. The molecule has 59 valence electrons. The first-order valence-corrected chi connectivity index (χ1v) is 3.94. The van der Waals surface area contributed by atoms with E-state index in [1.807, 2.05) is 18.2 Å². The Morgan fingerprint density at radius 1 is 1.33 bits per heavy atom. The van der Waals surface area contributed by atoms with E-state index in [1.54, 1.807) is 12.1 Å². The van der Waals surface area contributed by atoms with Crippen LogP contribution in [0, 0.1) is 6.08 Å². The Morgan fingerprint density at radius 3 is 2.58 bits per heavy atom. The van der Waals surface area contributed by atoms with E-state index in [0.29, 0.717) is 5.56 Å². The summed E-state index contributed by atoms with van der Waals surface area (Å²) in [5.41, 5.74) is 0.654. The first-order chi connectivity index (χ1) is 5.84. The molecule has 2 heteroatoms. The van der Waals surface area contributed by atoms with Gasteiger partial charge in [0.25, 0.3) is 0 Å². The number of benzene rings is 1. The monoisotopic (exact) mass is 175 g/mol. The molecule has 12 heavy (non-hydrogen) atoms.